The number of esters is 3. The SMILES string of the molecule is C#CC#CC#CC#CC#CC#CC#CC#COC(=O)Cc1cc2c(O)c(c1)CNC1CCCCC1NCc1cc(CC(=O)OCC#CC#CC#CC#CC#CC#CC#CC)cc(c1O)CNC1CCCCC1NCc1cc(CC(=O)OC#CC#CC#CC#CC#CC#CC#CC#C)cc(c1O)CNC1CCCCC1NC2. The lowest BCUT2D eigenvalue weighted by Gasteiger charge is -2.34. The van der Waals surface area contributed by atoms with Gasteiger partial charge in [0.05, 0.1) is 19.3 Å². The van der Waals surface area contributed by atoms with Crippen molar-refractivity contribution in [2.75, 3.05) is 6.61 Å². The summed E-state index contributed by atoms with van der Waals surface area (Å²) in [6.07, 6.45) is 24.9. The van der Waals surface area contributed by atoms with Crippen molar-refractivity contribution in [3.63, 3.8) is 0 Å². The van der Waals surface area contributed by atoms with E-state index in [-0.39, 0.29) is 119 Å². The molecular formula is C96H70N6O9. The maximum atomic E-state index is 13.5. The van der Waals surface area contributed by atoms with Crippen molar-refractivity contribution in [1.29, 1.82) is 0 Å². The van der Waals surface area contributed by atoms with Crippen molar-refractivity contribution in [1.82, 2.24) is 31.9 Å². The van der Waals surface area contributed by atoms with Crippen LogP contribution in [0.4, 0.5) is 0 Å². The zero-order valence-electron chi connectivity index (χ0n) is 60.9. The average Bonchev–Trinajstić information content (AvgIpc) is 0.888. The standard InChI is InChI=1S/C96H70N6O9/c1-4-7-10-13-16-19-22-25-28-31-34-37-40-49-58-109-91(103)67-76-61-79-70-97-85-52-43-45-54-87(85)99-72-81-63-77(68-92(104)110-59-50-41-38-35-32-29-26-23-20-17-14-11-8-5-2)65-83(95(81)107)74-101-89-56-47-48-57-90(89)102-75-84-66-78(69-93(105)111-60-51-42-39-36-33-30-27-24-21-18-15-12-9-6-3)64-82(96(84)108)73-100-88-55-46-44-53-86(88)98-71-80(62-76)94(79)106/h1-2,61-66,85-90,97-102,106-108H,43-48,52-57,60,67-75H2,3H3. The van der Waals surface area contributed by atoms with E-state index < -0.39 is 17.9 Å². The minimum absolute atomic E-state index is 0.0566. The fourth-order valence-corrected chi connectivity index (χ4v) is 12.1. The van der Waals surface area contributed by atoms with Crippen LogP contribution in [0, 0.1) is 274 Å². The number of rotatable bonds is 7. The lowest BCUT2D eigenvalue weighted by atomic mass is 9.89. The van der Waals surface area contributed by atoms with Gasteiger partial charge in [0.25, 0.3) is 0 Å². The van der Waals surface area contributed by atoms with E-state index in [0.29, 0.717) is 50.1 Å². The van der Waals surface area contributed by atoms with Crippen LogP contribution in [0.15, 0.2) is 36.4 Å². The number of hydrogen-bond donors (Lipinski definition) is 9. The number of ether oxygens (including phenoxy) is 3. The number of hydrogen-bond acceptors (Lipinski definition) is 15. The van der Waals surface area contributed by atoms with Gasteiger partial charge in [-0.05, 0) is 222 Å². The molecule has 15 nitrogen and oxygen atoms in total. The van der Waals surface area contributed by atoms with Gasteiger partial charge in [-0.1, -0.05) is 80.8 Å². The van der Waals surface area contributed by atoms with Gasteiger partial charge in [0, 0.05) is 192 Å². The molecule has 3 aromatic carbocycles. The smallest absolute Gasteiger partial charge is 0.324 e. The molecular weight excluding hydrogens is 1380 g/mol. The molecule has 0 spiro atoms. The van der Waals surface area contributed by atoms with Gasteiger partial charge in [0.15, 0.2) is 6.61 Å². The number of benzene rings is 3. The molecule has 111 heavy (non-hydrogen) atoms. The third kappa shape index (κ3) is 32.6. The summed E-state index contributed by atoms with van der Waals surface area (Å²) in [6, 6.07) is 10.3. The second-order valence-corrected chi connectivity index (χ2v) is 24.4. The van der Waals surface area contributed by atoms with E-state index >= 15 is 0 Å². The zero-order valence-corrected chi connectivity index (χ0v) is 60.9. The fourth-order valence-electron chi connectivity index (χ4n) is 12.1. The fraction of sp³-hybridized carbons (Fsp3) is 0.302. The molecule has 3 aromatic rings. The van der Waals surface area contributed by atoms with Gasteiger partial charge in [0.1, 0.15) is 29.5 Å². The number of carbonyl (C=O) groups is 3. The van der Waals surface area contributed by atoms with Gasteiger partial charge < -0.3 is 61.4 Å². The Labute approximate surface area is 652 Å². The van der Waals surface area contributed by atoms with Gasteiger partial charge in [-0.2, -0.15) is 0 Å². The Kier molecular flexibility index (Phi) is 38.0. The number of phenols is 3. The van der Waals surface area contributed by atoms with Gasteiger partial charge in [-0.15, -0.1) is 12.8 Å². The Balaban J connectivity index is 1.17. The molecule has 0 radical (unpaired) electrons. The van der Waals surface area contributed by atoms with Crippen molar-refractivity contribution in [3.05, 3.63) is 86.5 Å². The Morgan fingerprint density at radius 3 is 0.784 bits per heavy atom. The first kappa shape index (κ1) is 83.4. The van der Waals surface area contributed by atoms with E-state index in [1.165, 1.54) is 0 Å². The summed E-state index contributed by atoms with van der Waals surface area (Å²) in [6.45, 7) is 2.89. The number of nitrogens with one attached hydrogen (secondary N) is 6. The normalized spacial score (nSPS) is 16.3. The summed E-state index contributed by atoms with van der Waals surface area (Å²) in [5.74, 6) is 104. The molecule has 4 aliphatic rings. The third-order valence-corrected chi connectivity index (χ3v) is 16.9. The summed E-state index contributed by atoms with van der Waals surface area (Å²) in [7, 11) is 0. The van der Waals surface area contributed by atoms with Crippen molar-refractivity contribution in [2.45, 2.75) is 179 Å². The van der Waals surface area contributed by atoms with Gasteiger partial charge >= 0.3 is 17.9 Å². The number of phenolic OH excluding ortho intramolecular Hbond substituents is 3. The molecule has 7 rings (SSSR count). The van der Waals surface area contributed by atoms with Gasteiger partial charge in [0.2, 0.25) is 0 Å². The quantitative estimate of drug-likeness (QED) is 0.0844. The Hall–Kier alpha value is -14.9. The molecule has 6 unspecified atom stereocenters. The monoisotopic (exact) mass is 1450 g/mol. The molecule has 6 bridgehead atoms. The Morgan fingerprint density at radius 2 is 0.541 bits per heavy atom. The van der Waals surface area contributed by atoms with E-state index in [0.717, 1.165) is 77.0 Å². The van der Waals surface area contributed by atoms with E-state index in [2.05, 4.69) is 293 Å². The first-order valence-corrected chi connectivity index (χ1v) is 35.3. The highest BCUT2D eigenvalue weighted by Crippen LogP contribution is 2.32. The zero-order chi connectivity index (χ0) is 78.4. The molecule has 0 aromatic heterocycles. The van der Waals surface area contributed by atoms with Crippen LogP contribution in [0.25, 0.3) is 0 Å². The van der Waals surface area contributed by atoms with Crippen LogP contribution in [0.2, 0.25) is 0 Å². The summed E-state index contributed by atoms with van der Waals surface area (Å²) in [5, 5.41) is 59.1. The molecule has 3 aliphatic carbocycles. The summed E-state index contributed by atoms with van der Waals surface area (Å²) in [5.41, 5.74) is 5.15. The highest BCUT2D eigenvalue weighted by atomic mass is 16.5. The Morgan fingerprint density at radius 1 is 0.324 bits per heavy atom. The minimum Gasteiger partial charge on any atom is -0.507 e. The predicted octanol–water partition coefficient (Wildman–Crippen LogP) is 5.22. The van der Waals surface area contributed by atoms with Crippen molar-refractivity contribution >= 4 is 17.9 Å². The maximum absolute atomic E-state index is 13.5. The number of terminal acetylenes is 2. The van der Waals surface area contributed by atoms with Crippen LogP contribution >= 0.6 is 0 Å². The van der Waals surface area contributed by atoms with Crippen LogP contribution in [0.3, 0.4) is 0 Å². The molecule has 6 atom stereocenters. The van der Waals surface area contributed by atoms with Crippen molar-refractivity contribution < 1.29 is 43.9 Å². The van der Waals surface area contributed by atoms with Crippen molar-refractivity contribution in [3.8, 4) is 291 Å². The first-order valence-electron chi connectivity index (χ1n) is 35.3. The number of aromatic hydroxyl groups is 3. The molecule has 1 heterocycles. The van der Waals surface area contributed by atoms with Gasteiger partial charge in [-0.25, -0.2) is 0 Å². The second kappa shape index (κ2) is 50.5. The predicted molar refractivity (Wildman–Crippen MR) is 424 cm³/mol. The number of fused-ring (bicyclic) bond motifs is 9. The van der Waals surface area contributed by atoms with Crippen LogP contribution in [0.1, 0.15) is 134 Å². The Bertz CT molecular complexity index is 5350. The van der Waals surface area contributed by atoms with E-state index in [1.54, 1.807) is 31.2 Å². The second-order valence-electron chi connectivity index (χ2n) is 24.4. The molecule has 9 N–H and O–H groups in total. The maximum Gasteiger partial charge on any atom is 0.324 e. The highest BCUT2D eigenvalue weighted by molar-refractivity contribution is 5.75. The lowest BCUT2D eigenvalue weighted by Crippen LogP contribution is -2.49. The van der Waals surface area contributed by atoms with E-state index in [4.69, 9.17) is 27.1 Å². The van der Waals surface area contributed by atoms with Crippen LogP contribution in [-0.4, -0.2) is 76.1 Å². The van der Waals surface area contributed by atoms with Crippen molar-refractivity contribution in [2.24, 2.45) is 0 Å². The minimum atomic E-state index is -0.652. The molecule has 1 aliphatic heterocycles. The average molecular weight is 1450 g/mol. The highest BCUT2D eigenvalue weighted by Gasteiger charge is 2.30. The van der Waals surface area contributed by atoms with Crippen LogP contribution < -0.4 is 31.9 Å². The topological polar surface area (TPSA) is 212 Å². The largest absolute Gasteiger partial charge is 0.507 e. The van der Waals surface area contributed by atoms with Crippen LogP contribution in [0.5, 0.6) is 17.2 Å². The molecule has 3 fully saturated rings. The first-order chi connectivity index (χ1) is 54.5. The van der Waals surface area contributed by atoms with Crippen LogP contribution in [-0.2, 0) is 87.1 Å². The molecule has 3 saturated carbocycles. The number of carbonyl (C=O) groups excluding carboxylic acids is 3. The van der Waals surface area contributed by atoms with E-state index in [9.17, 15) is 29.7 Å². The molecule has 0 amide bonds. The molecule has 538 valence electrons. The summed E-state index contributed by atoms with van der Waals surface area (Å²) < 4.78 is 16.1. The van der Waals surface area contributed by atoms with E-state index in [1.807, 2.05) is 12.1 Å². The molecule has 15 heteroatoms. The van der Waals surface area contributed by atoms with Gasteiger partial charge in [-0.3, -0.25) is 14.4 Å². The lowest BCUT2D eigenvalue weighted by molar-refractivity contribution is -0.141. The third-order valence-electron chi connectivity index (χ3n) is 16.9. The summed E-state index contributed by atoms with van der Waals surface area (Å²) in [4.78, 5) is 40.5. The molecule has 0 saturated heterocycles. The summed E-state index contributed by atoms with van der Waals surface area (Å²) >= 11 is 0.